The van der Waals surface area contributed by atoms with Crippen LogP contribution >= 0.6 is 11.6 Å². The van der Waals surface area contributed by atoms with Crippen LogP contribution in [0.2, 0.25) is 5.02 Å². The number of para-hydroxylation sites is 2. The van der Waals surface area contributed by atoms with Crippen molar-refractivity contribution >= 4 is 40.1 Å². The standard InChI is InChI=1S/C21H23ClN4O2/c1-2-5-20(27)23-13-12-19-25-17-6-3-4-7-18(17)26(19)14-21(28)24-16-10-8-15(22)9-11-16/h3-4,6-11H,2,5,12-14H2,1H3,(H,23,27)(H,24,28). The Morgan fingerprint density at radius 2 is 1.82 bits per heavy atom. The van der Waals surface area contributed by atoms with E-state index in [1.54, 1.807) is 24.3 Å². The summed E-state index contributed by atoms with van der Waals surface area (Å²) in [5, 5.41) is 6.39. The third-order valence-electron chi connectivity index (χ3n) is 4.31. The monoisotopic (exact) mass is 398 g/mol. The van der Waals surface area contributed by atoms with Gasteiger partial charge in [0, 0.05) is 30.1 Å². The maximum absolute atomic E-state index is 12.6. The first-order valence-electron chi connectivity index (χ1n) is 9.33. The van der Waals surface area contributed by atoms with Gasteiger partial charge in [0.25, 0.3) is 0 Å². The van der Waals surface area contributed by atoms with Gasteiger partial charge in [0.05, 0.1) is 11.0 Å². The van der Waals surface area contributed by atoms with Crippen molar-refractivity contribution < 1.29 is 9.59 Å². The summed E-state index contributed by atoms with van der Waals surface area (Å²) in [6.07, 6.45) is 1.88. The Hall–Kier alpha value is -2.86. The second kappa shape index (κ2) is 9.37. The number of anilines is 1. The lowest BCUT2D eigenvalue weighted by Crippen LogP contribution is -2.27. The summed E-state index contributed by atoms with van der Waals surface area (Å²) >= 11 is 5.88. The molecule has 0 unspecified atom stereocenters. The summed E-state index contributed by atoms with van der Waals surface area (Å²) in [4.78, 5) is 28.9. The summed E-state index contributed by atoms with van der Waals surface area (Å²) in [6, 6.07) is 14.7. The van der Waals surface area contributed by atoms with Crippen LogP contribution in [0.5, 0.6) is 0 Å². The molecule has 146 valence electrons. The Labute approximate surface area is 168 Å². The molecule has 2 aromatic carbocycles. The van der Waals surface area contributed by atoms with Crippen LogP contribution in [0.4, 0.5) is 5.69 Å². The fourth-order valence-electron chi connectivity index (χ4n) is 3.00. The van der Waals surface area contributed by atoms with Crippen LogP contribution in [0.15, 0.2) is 48.5 Å². The average Bonchev–Trinajstić information content (AvgIpc) is 3.01. The van der Waals surface area contributed by atoms with Crippen molar-refractivity contribution in [1.82, 2.24) is 14.9 Å². The second-order valence-electron chi connectivity index (χ2n) is 6.51. The number of amides is 2. The van der Waals surface area contributed by atoms with E-state index in [0.717, 1.165) is 23.3 Å². The summed E-state index contributed by atoms with van der Waals surface area (Å²) in [5.41, 5.74) is 2.41. The molecular weight excluding hydrogens is 376 g/mol. The Balaban J connectivity index is 1.73. The molecule has 1 heterocycles. The second-order valence-corrected chi connectivity index (χ2v) is 6.94. The molecule has 0 saturated heterocycles. The highest BCUT2D eigenvalue weighted by Crippen LogP contribution is 2.17. The van der Waals surface area contributed by atoms with E-state index in [2.05, 4.69) is 15.6 Å². The number of imidazole rings is 1. The maximum atomic E-state index is 12.6. The van der Waals surface area contributed by atoms with Crippen molar-refractivity contribution in [2.75, 3.05) is 11.9 Å². The van der Waals surface area contributed by atoms with Gasteiger partial charge in [0.15, 0.2) is 0 Å². The molecule has 0 bridgehead atoms. The fourth-order valence-corrected chi connectivity index (χ4v) is 3.13. The number of hydrogen-bond donors (Lipinski definition) is 2. The van der Waals surface area contributed by atoms with Gasteiger partial charge in [0.2, 0.25) is 11.8 Å². The molecule has 0 radical (unpaired) electrons. The van der Waals surface area contributed by atoms with Crippen molar-refractivity contribution in [3.8, 4) is 0 Å². The Morgan fingerprint density at radius 3 is 2.57 bits per heavy atom. The van der Waals surface area contributed by atoms with Gasteiger partial charge >= 0.3 is 0 Å². The summed E-state index contributed by atoms with van der Waals surface area (Å²) in [7, 11) is 0. The Kier molecular flexibility index (Phi) is 6.66. The molecule has 1 aromatic heterocycles. The molecule has 3 aromatic rings. The first-order chi connectivity index (χ1) is 13.6. The minimum Gasteiger partial charge on any atom is -0.356 e. The minimum atomic E-state index is -0.151. The molecule has 0 aliphatic rings. The number of hydrogen-bond acceptors (Lipinski definition) is 3. The highest BCUT2D eigenvalue weighted by atomic mass is 35.5. The average molecular weight is 399 g/mol. The SMILES string of the molecule is CCCC(=O)NCCc1nc2ccccc2n1CC(=O)Nc1ccc(Cl)cc1. The molecule has 0 aliphatic heterocycles. The van der Waals surface area contributed by atoms with Gasteiger partial charge in [-0.3, -0.25) is 9.59 Å². The molecule has 0 saturated carbocycles. The van der Waals surface area contributed by atoms with Gasteiger partial charge < -0.3 is 15.2 Å². The van der Waals surface area contributed by atoms with Crippen LogP contribution in [0.3, 0.4) is 0 Å². The molecule has 0 aliphatic carbocycles. The number of rotatable bonds is 8. The van der Waals surface area contributed by atoms with E-state index < -0.39 is 0 Å². The van der Waals surface area contributed by atoms with Crippen molar-refractivity contribution in [3.05, 3.63) is 59.4 Å². The number of benzene rings is 2. The van der Waals surface area contributed by atoms with Gasteiger partial charge in [-0.05, 0) is 42.8 Å². The zero-order valence-electron chi connectivity index (χ0n) is 15.7. The number of fused-ring (bicyclic) bond motifs is 1. The molecule has 28 heavy (non-hydrogen) atoms. The molecule has 0 atom stereocenters. The highest BCUT2D eigenvalue weighted by molar-refractivity contribution is 6.30. The first-order valence-corrected chi connectivity index (χ1v) is 9.71. The highest BCUT2D eigenvalue weighted by Gasteiger charge is 2.14. The molecule has 2 amide bonds. The number of nitrogens with zero attached hydrogens (tertiary/aromatic N) is 2. The van der Waals surface area contributed by atoms with Crippen LogP contribution in [-0.2, 0) is 22.6 Å². The van der Waals surface area contributed by atoms with Gasteiger partial charge in [0.1, 0.15) is 12.4 Å². The lowest BCUT2D eigenvalue weighted by Gasteiger charge is -2.11. The van der Waals surface area contributed by atoms with Gasteiger partial charge in [-0.15, -0.1) is 0 Å². The van der Waals surface area contributed by atoms with Crippen LogP contribution in [0.1, 0.15) is 25.6 Å². The molecule has 0 fully saturated rings. The third kappa shape index (κ3) is 5.10. The number of carbonyl (C=O) groups is 2. The predicted octanol–water partition coefficient (Wildman–Crippen LogP) is 3.79. The van der Waals surface area contributed by atoms with Crippen LogP contribution in [0.25, 0.3) is 11.0 Å². The summed E-state index contributed by atoms with van der Waals surface area (Å²) in [5.74, 6) is 0.650. The van der Waals surface area contributed by atoms with E-state index in [0.29, 0.717) is 30.1 Å². The quantitative estimate of drug-likeness (QED) is 0.606. The number of halogens is 1. The van der Waals surface area contributed by atoms with E-state index in [9.17, 15) is 9.59 Å². The molecule has 3 rings (SSSR count). The molecule has 6 nitrogen and oxygen atoms in total. The summed E-state index contributed by atoms with van der Waals surface area (Å²) < 4.78 is 1.90. The molecule has 0 spiro atoms. The Bertz CT molecular complexity index is 966. The van der Waals surface area contributed by atoms with Crippen molar-refractivity contribution in [2.24, 2.45) is 0 Å². The van der Waals surface area contributed by atoms with E-state index >= 15 is 0 Å². The maximum Gasteiger partial charge on any atom is 0.244 e. The lowest BCUT2D eigenvalue weighted by molar-refractivity contribution is -0.121. The van der Waals surface area contributed by atoms with Gasteiger partial charge in [-0.1, -0.05) is 30.7 Å². The van der Waals surface area contributed by atoms with E-state index in [1.807, 2.05) is 35.8 Å². The lowest BCUT2D eigenvalue weighted by atomic mass is 10.3. The summed E-state index contributed by atoms with van der Waals surface area (Å²) in [6.45, 7) is 2.60. The largest absolute Gasteiger partial charge is 0.356 e. The number of carbonyl (C=O) groups excluding carboxylic acids is 2. The zero-order valence-corrected chi connectivity index (χ0v) is 16.5. The molecular formula is C21H23ClN4O2. The van der Waals surface area contributed by atoms with Gasteiger partial charge in [-0.25, -0.2) is 4.98 Å². The smallest absolute Gasteiger partial charge is 0.244 e. The van der Waals surface area contributed by atoms with Crippen LogP contribution in [0, 0.1) is 0 Å². The third-order valence-corrected chi connectivity index (χ3v) is 4.56. The number of nitrogens with one attached hydrogen (secondary N) is 2. The van der Waals surface area contributed by atoms with Crippen molar-refractivity contribution in [1.29, 1.82) is 0 Å². The first kappa shape index (κ1) is 19.9. The zero-order chi connectivity index (χ0) is 19.9. The van der Waals surface area contributed by atoms with E-state index in [-0.39, 0.29) is 18.4 Å². The van der Waals surface area contributed by atoms with E-state index in [4.69, 9.17) is 11.6 Å². The van der Waals surface area contributed by atoms with Crippen molar-refractivity contribution in [3.63, 3.8) is 0 Å². The predicted molar refractivity (Wildman–Crippen MR) is 111 cm³/mol. The van der Waals surface area contributed by atoms with Gasteiger partial charge in [-0.2, -0.15) is 0 Å². The Morgan fingerprint density at radius 1 is 1.07 bits per heavy atom. The van der Waals surface area contributed by atoms with Crippen LogP contribution < -0.4 is 10.6 Å². The van der Waals surface area contributed by atoms with Crippen LogP contribution in [-0.4, -0.2) is 27.9 Å². The fraction of sp³-hybridized carbons (Fsp3) is 0.286. The van der Waals surface area contributed by atoms with Crippen molar-refractivity contribution in [2.45, 2.75) is 32.7 Å². The normalized spacial score (nSPS) is 10.8. The molecule has 7 heteroatoms. The van der Waals surface area contributed by atoms with E-state index in [1.165, 1.54) is 0 Å². The minimum absolute atomic E-state index is 0.0330. The number of aromatic nitrogens is 2. The molecule has 2 N–H and O–H groups in total. The topological polar surface area (TPSA) is 76.0 Å².